The molecule has 1 amide bonds. The fourth-order valence-electron chi connectivity index (χ4n) is 5.06. The van der Waals surface area contributed by atoms with E-state index in [1.807, 2.05) is 17.0 Å². The third-order valence-electron chi connectivity index (χ3n) is 7.16. The predicted octanol–water partition coefficient (Wildman–Crippen LogP) is 3.63. The maximum atomic E-state index is 14.8. The molecule has 0 bridgehead atoms. The lowest BCUT2D eigenvalue weighted by Gasteiger charge is -2.32. The second-order valence-corrected chi connectivity index (χ2v) is 9.66. The SMILES string of the molecule is O=C(Nc1ccc(-c2cc(C3(C(F)F)Nc4ccccc4N3)nc(N3CCOCC3)n2)cc1)[C@@H]1CCCN1. The molecule has 0 unspecified atom stereocenters. The highest BCUT2D eigenvalue weighted by Crippen LogP contribution is 2.43. The molecule has 3 aromatic rings. The molecule has 2 saturated heterocycles. The molecule has 3 aliphatic heterocycles. The number of benzene rings is 2. The number of nitrogens with zero attached hydrogens (tertiary/aromatic N) is 3. The molecule has 4 N–H and O–H groups in total. The summed E-state index contributed by atoms with van der Waals surface area (Å²) in [4.78, 5) is 23.8. The Bertz CT molecular complexity index is 1280. The highest BCUT2D eigenvalue weighted by atomic mass is 19.3. The first-order valence-corrected chi connectivity index (χ1v) is 12.8. The number of rotatable bonds is 6. The summed E-state index contributed by atoms with van der Waals surface area (Å²) < 4.78 is 35.1. The van der Waals surface area contributed by atoms with E-state index in [4.69, 9.17) is 9.72 Å². The van der Waals surface area contributed by atoms with Crippen molar-refractivity contribution in [2.45, 2.75) is 31.0 Å². The molecule has 11 heteroatoms. The van der Waals surface area contributed by atoms with E-state index in [9.17, 15) is 13.6 Å². The summed E-state index contributed by atoms with van der Waals surface area (Å²) in [6.45, 7) is 2.98. The molecule has 1 aromatic heterocycles. The van der Waals surface area contributed by atoms with Gasteiger partial charge in [-0.2, -0.15) is 0 Å². The predicted molar refractivity (Wildman–Crippen MR) is 142 cm³/mol. The van der Waals surface area contributed by atoms with E-state index >= 15 is 0 Å². The third-order valence-corrected chi connectivity index (χ3v) is 7.16. The van der Waals surface area contributed by atoms with Gasteiger partial charge in [-0.3, -0.25) is 4.79 Å². The lowest BCUT2D eigenvalue weighted by molar-refractivity contribution is -0.117. The van der Waals surface area contributed by atoms with Gasteiger partial charge in [-0.15, -0.1) is 0 Å². The minimum Gasteiger partial charge on any atom is -0.378 e. The van der Waals surface area contributed by atoms with E-state index in [-0.39, 0.29) is 17.6 Å². The fraction of sp³-hybridized carbons (Fsp3) is 0.370. The van der Waals surface area contributed by atoms with Crippen LogP contribution in [-0.4, -0.2) is 61.2 Å². The number of anilines is 4. The summed E-state index contributed by atoms with van der Waals surface area (Å²) in [5.41, 5.74) is 1.28. The standard InChI is InChI=1S/C27H29F2N7O2/c28-25(29)27(34-19-4-1-2-5-20(19)35-27)23-16-22(32-26(33-23)36-12-14-38-15-13-36)17-7-9-18(10-8-17)31-24(37)21-6-3-11-30-21/h1-2,4-5,7-10,16,21,25,30,34-35H,3,6,11-15H2,(H,31,37)/t21-/m0/s1. The molecule has 0 saturated carbocycles. The van der Waals surface area contributed by atoms with E-state index < -0.39 is 12.1 Å². The number of halogens is 2. The Labute approximate surface area is 219 Å². The Hall–Kier alpha value is -3.83. The van der Waals surface area contributed by atoms with E-state index in [1.54, 1.807) is 42.5 Å². The average Bonchev–Trinajstić information content (AvgIpc) is 3.63. The fourth-order valence-corrected chi connectivity index (χ4v) is 5.06. The molecular weight excluding hydrogens is 492 g/mol. The second kappa shape index (κ2) is 10.1. The number of morpholine rings is 1. The van der Waals surface area contributed by atoms with Gasteiger partial charge in [0.05, 0.1) is 42.0 Å². The maximum absolute atomic E-state index is 14.8. The number of ether oxygens (including phenoxy) is 1. The van der Waals surface area contributed by atoms with Crippen LogP contribution in [0.25, 0.3) is 11.3 Å². The van der Waals surface area contributed by atoms with Gasteiger partial charge in [0.2, 0.25) is 17.5 Å². The summed E-state index contributed by atoms with van der Waals surface area (Å²) >= 11 is 0. The van der Waals surface area contributed by atoms with Crippen LogP contribution in [-0.2, 0) is 15.2 Å². The van der Waals surface area contributed by atoms with Crippen molar-refractivity contribution in [2.75, 3.05) is 53.7 Å². The van der Waals surface area contributed by atoms with Crippen LogP contribution in [0.3, 0.4) is 0 Å². The van der Waals surface area contributed by atoms with Gasteiger partial charge in [0.15, 0.2) is 0 Å². The van der Waals surface area contributed by atoms with E-state index in [0.29, 0.717) is 55.0 Å². The van der Waals surface area contributed by atoms with Crippen molar-refractivity contribution in [3.63, 3.8) is 0 Å². The normalized spacial score (nSPS) is 20.1. The van der Waals surface area contributed by atoms with Crippen molar-refractivity contribution < 1.29 is 18.3 Å². The number of aromatic nitrogens is 2. The van der Waals surface area contributed by atoms with E-state index in [0.717, 1.165) is 24.9 Å². The minimum atomic E-state index is -2.81. The largest absolute Gasteiger partial charge is 0.378 e. The molecule has 38 heavy (non-hydrogen) atoms. The summed E-state index contributed by atoms with van der Waals surface area (Å²) in [6, 6.07) is 15.8. The number of amides is 1. The molecule has 0 aliphatic carbocycles. The van der Waals surface area contributed by atoms with Crippen LogP contribution in [0.4, 0.5) is 31.8 Å². The molecule has 6 rings (SSSR count). The van der Waals surface area contributed by atoms with Gasteiger partial charge in [-0.05, 0) is 49.7 Å². The number of carbonyl (C=O) groups excluding carboxylic acids is 1. The number of alkyl halides is 2. The monoisotopic (exact) mass is 521 g/mol. The zero-order valence-electron chi connectivity index (χ0n) is 20.7. The topological polar surface area (TPSA) is 103 Å². The Balaban J connectivity index is 1.35. The van der Waals surface area contributed by atoms with Gasteiger partial charge >= 0.3 is 0 Å². The summed E-state index contributed by atoms with van der Waals surface area (Å²) in [7, 11) is 0. The van der Waals surface area contributed by atoms with Crippen LogP contribution < -0.4 is 26.2 Å². The van der Waals surface area contributed by atoms with Crippen LogP contribution in [0.5, 0.6) is 0 Å². The van der Waals surface area contributed by atoms with E-state index in [2.05, 4.69) is 26.3 Å². The first-order valence-electron chi connectivity index (χ1n) is 12.8. The lowest BCUT2D eigenvalue weighted by atomic mass is 10.0. The highest BCUT2D eigenvalue weighted by molar-refractivity contribution is 5.95. The van der Waals surface area contributed by atoms with Crippen molar-refractivity contribution >= 4 is 28.9 Å². The highest BCUT2D eigenvalue weighted by Gasteiger charge is 2.48. The summed E-state index contributed by atoms with van der Waals surface area (Å²) in [5.74, 6) is 0.302. The molecule has 1 atom stereocenters. The van der Waals surface area contributed by atoms with Crippen molar-refractivity contribution in [3.8, 4) is 11.3 Å². The van der Waals surface area contributed by atoms with Crippen LogP contribution in [0.15, 0.2) is 54.6 Å². The average molecular weight is 522 g/mol. The smallest absolute Gasteiger partial charge is 0.285 e. The quantitative estimate of drug-likeness (QED) is 0.390. The summed E-state index contributed by atoms with van der Waals surface area (Å²) in [5, 5.41) is 12.1. The van der Waals surface area contributed by atoms with E-state index in [1.165, 1.54) is 0 Å². The first kappa shape index (κ1) is 24.5. The Morgan fingerprint density at radius 1 is 1.05 bits per heavy atom. The number of nitrogens with one attached hydrogen (secondary N) is 4. The number of fused-ring (bicyclic) bond motifs is 1. The van der Waals surface area contributed by atoms with Crippen LogP contribution in [0.2, 0.25) is 0 Å². The van der Waals surface area contributed by atoms with Crippen LogP contribution in [0, 0.1) is 0 Å². The van der Waals surface area contributed by atoms with Crippen molar-refractivity contribution in [3.05, 3.63) is 60.3 Å². The van der Waals surface area contributed by atoms with Crippen LogP contribution >= 0.6 is 0 Å². The third kappa shape index (κ3) is 4.63. The molecule has 4 heterocycles. The molecular formula is C27H29F2N7O2. The van der Waals surface area contributed by atoms with Gasteiger partial charge < -0.3 is 30.9 Å². The molecule has 2 fully saturated rings. The van der Waals surface area contributed by atoms with Gasteiger partial charge in [-0.1, -0.05) is 24.3 Å². The van der Waals surface area contributed by atoms with Crippen molar-refractivity contribution in [1.29, 1.82) is 0 Å². The molecule has 3 aliphatic rings. The zero-order chi connectivity index (χ0) is 26.1. The Morgan fingerprint density at radius 3 is 2.39 bits per heavy atom. The lowest BCUT2D eigenvalue weighted by Crippen LogP contribution is -2.47. The molecule has 198 valence electrons. The Kier molecular flexibility index (Phi) is 6.54. The van der Waals surface area contributed by atoms with Crippen molar-refractivity contribution in [1.82, 2.24) is 15.3 Å². The van der Waals surface area contributed by atoms with Crippen LogP contribution in [0.1, 0.15) is 18.5 Å². The summed E-state index contributed by atoms with van der Waals surface area (Å²) in [6.07, 6.45) is -1.01. The Morgan fingerprint density at radius 2 is 1.76 bits per heavy atom. The van der Waals surface area contributed by atoms with Crippen molar-refractivity contribution in [2.24, 2.45) is 0 Å². The zero-order valence-corrected chi connectivity index (χ0v) is 20.7. The number of hydrogen-bond acceptors (Lipinski definition) is 8. The number of para-hydroxylation sites is 2. The second-order valence-electron chi connectivity index (χ2n) is 9.66. The molecule has 2 aromatic carbocycles. The van der Waals surface area contributed by atoms with Gasteiger partial charge in [0.1, 0.15) is 0 Å². The van der Waals surface area contributed by atoms with Gasteiger partial charge in [0.25, 0.3) is 6.43 Å². The number of hydrogen-bond donors (Lipinski definition) is 4. The van der Waals surface area contributed by atoms with Gasteiger partial charge in [-0.25, -0.2) is 18.7 Å². The minimum absolute atomic E-state index is 0.0639. The maximum Gasteiger partial charge on any atom is 0.285 e. The van der Waals surface area contributed by atoms with Gasteiger partial charge in [0, 0.05) is 24.3 Å². The molecule has 0 radical (unpaired) electrons. The molecule has 0 spiro atoms. The first-order chi connectivity index (χ1) is 18.5. The number of carbonyl (C=O) groups is 1. The molecule has 9 nitrogen and oxygen atoms in total.